The van der Waals surface area contributed by atoms with E-state index in [4.69, 9.17) is 14.2 Å². The second-order valence-corrected chi connectivity index (χ2v) is 7.48. The minimum absolute atomic E-state index is 0.117. The Morgan fingerprint density at radius 3 is 2.16 bits per heavy atom. The number of benzene rings is 1. The van der Waals surface area contributed by atoms with E-state index in [1.165, 1.54) is 5.56 Å². The topological polar surface area (TPSA) is 51.2 Å². The number of aliphatic hydroxyl groups is 1. The molecule has 0 aliphatic carbocycles. The molecule has 5 heteroatoms. The maximum absolute atomic E-state index is 10.3. The van der Waals surface area contributed by atoms with E-state index in [0.717, 1.165) is 24.4 Å². The van der Waals surface area contributed by atoms with Gasteiger partial charge in [0.25, 0.3) is 0 Å². The molecule has 1 rings (SSSR count). The van der Waals surface area contributed by atoms with Crippen LogP contribution in [-0.2, 0) is 14.9 Å². The summed E-state index contributed by atoms with van der Waals surface area (Å²) in [6.07, 6.45) is -0.560. The molecule has 5 nitrogen and oxygen atoms in total. The predicted molar refractivity (Wildman–Crippen MR) is 102 cm³/mol. The van der Waals surface area contributed by atoms with Crippen molar-refractivity contribution in [2.24, 2.45) is 0 Å². The maximum atomic E-state index is 10.3. The monoisotopic (exact) mass is 353 g/mol. The summed E-state index contributed by atoms with van der Waals surface area (Å²) in [5, 5.41) is 10.3. The van der Waals surface area contributed by atoms with E-state index < -0.39 is 6.10 Å². The Morgan fingerprint density at radius 2 is 1.68 bits per heavy atom. The van der Waals surface area contributed by atoms with Crippen molar-refractivity contribution in [3.63, 3.8) is 0 Å². The van der Waals surface area contributed by atoms with Crippen molar-refractivity contribution in [1.82, 2.24) is 4.90 Å². The van der Waals surface area contributed by atoms with Gasteiger partial charge in [-0.05, 0) is 29.5 Å². The zero-order valence-electron chi connectivity index (χ0n) is 16.7. The average molecular weight is 354 g/mol. The summed E-state index contributed by atoms with van der Waals surface area (Å²) < 4.78 is 16.1. The van der Waals surface area contributed by atoms with Crippen LogP contribution in [0, 0.1) is 6.92 Å². The molecule has 144 valence electrons. The van der Waals surface area contributed by atoms with Crippen molar-refractivity contribution in [1.29, 1.82) is 0 Å². The molecule has 1 aromatic carbocycles. The Morgan fingerprint density at radius 1 is 1.08 bits per heavy atom. The fourth-order valence-corrected chi connectivity index (χ4v) is 2.55. The first-order valence-corrected chi connectivity index (χ1v) is 8.90. The minimum atomic E-state index is -0.560. The molecule has 25 heavy (non-hydrogen) atoms. The van der Waals surface area contributed by atoms with Gasteiger partial charge in [-0.25, -0.2) is 0 Å². The van der Waals surface area contributed by atoms with Gasteiger partial charge in [-0.3, -0.25) is 4.90 Å². The molecule has 0 aliphatic rings. The van der Waals surface area contributed by atoms with Gasteiger partial charge < -0.3 is 19.3 Å². The van der Waals surface area contributed by atoms with E-state index >= 15 is 0 Å². The van der Waals surface area contributed by atoms with Gasteiger partial charge in [0.05, 0.1) is 13.2 Å². The van der Waals surface area contributed by atoms with Gasteiger partial charge in [0.1, 0.15) is 18.5 Å². The number of nitrogens with zero attached hydrogens (tertiary/aromatic N) is 1. The molecule has 1 aromatic rings. The van der Waals surface area contributed by atoms with Crippen LogP contribution in [-0.4, -0.2) is 69.8 Å². The lowest BCUT2D eigenvalue weighted by molar-refractivity contribution is 0.0458. The Kier molecular flexibility index (Phi) is 9.43. The molecule has 0 amide bonds. The summed E-state index contributed by atoms with van der Waals surface area (Å²) in [5.41, 5.74) is 2.49. The van der Waals surface area contributed by atoms with E-state index in [2.05, 4.69) is 37.8 Å². The van der Waals surface area contributed by atoms with Gasteiger partial charge in [-0.15, -0.1) is 0 Å². The Hall–Kier alpha value is -1.14. The summed E-state index contributed by atoms with van der Waals surface area (Å²) >= 11 is 0. The fourth-order valence-electron chi connectivity index (χ4n) is 2.55. The van der Waals surface area contributed by atoms with Crippen LogP contribution < -0.4 is 4.74 Å². The van der Waals surface area contributed by atoms with Crippen molar-refractivity contribution in [3.05, 3.63) is 29.3 Å². The van der Waals surface area contributed by atoms with Gasteiger partial charge >= 0.3 is 0 Å². The third-order valence-electron chi connectivity index (χ3n) is 4.16. The van der Waals surface area contributed by atoms with Crippen molar-refractivity contribution < 1.29 is 19.3 Å². The SMILES string of the molecule is COCCN(CCOC)CC(O)COc1ccc(C(C)(C)C)cc1C. The van der Waals surface area contributed by atoms with Crippen LogP contribution in [0.1, 0.15) is 31.9 Å². The molecular weight excluding hydrogens is 318 g/mol. The molecule has 0 saturated heterocycles. The first-order chi connectivity index (χ1) is 11.8. The number of hydrogen-bond acceptors (Lipinski definition) is 5. The third kappa shape index (κ3) is 8.19. The minimum Gasteiger partial charge on any atom is -0.491 e. The quantitative estimate of drug-likeness (QED) is 0.663. The van der Waals surface area contributed by atoms with E-state index in [-0.39, 0.29) is 12.0 Å². The van der Waals surface area contributed by atoms with Crippen molar-refractivity contribution in [3.8, 4) is 5.75 Å². The van der Waals surface area contributed by atoms with Gasteiger partial charge in [0, 0.05) is 33.9 Å². The summed E-state index contributed by atoms with van der Waals surface area (Å²) in [7, 11) is 3.36. The maximum Gasteiger partial charge on any atom is 0.122 e. The van der Waals surface area contributed by atoms with E-state index in [0.29, 0.717) is 19.8 Å². The second kappa shape index (κ2) is 10.8. The van der Waals surface area contributed by atoms with Crippen LogP contribution in [0.4, 0.5) is 0 Å². The molecular formula is C20H35NO4. The molecule has 0 bridgehead atoms. The highest BCUT2D eigenvalue weighted by Gasteiger charge is 2.16. The van der Waals surface area contributed by atoms with Gasteiger partial charge in [-0.2, -0.15) is 0 Å². The van der Waals surface area contributed by atoms with Gasteiger partial charge in [0.15, 0.2) is 0 Å². The third-order valence-corrected chi connectivity index (χ3v) is 4.16. The standard InChI is InChI=1S/C20H35NO4/c1-16-13-17(20(2,3)4)7-8-19(16)25-15-18(22)14-21(9-11-23-5)10-12-24-6/h7-8,13,18,22H,9-12,14-15H2,1-6H3. The van der Waals surface area contributed by atoms with Crippen LogP contribution in [0.25, 0.3) is 0 Å². The van der Waals surface area contributed by atoms with Crippen LogP contribution in [0.2, 0.25) is 0 Å². The zero-order valence-corrected chi connectivity index (χ0v) is 16.7. The summed E-state index contributed by atoms with van der Waals surface area (Å²) in [5.74, 6) is 0.826. The molecule has 0 heterocycles. The smallest absolute Gasteiger partial charge is 0.122 e. The molecule has 0 spiro atoms. The predicted octanol–water partition coefficient (Wildman–Crippen LogP) is 2.63. The van der Waals surface area contributed by atoms with Crippen LogP contribution in [0.3, 0.4) is 0 Å². The Labute approximate surface area is 152 Å². The highest BCUT2D eigenvalue weighted by Crippen LogP contribution is 2.27. The Balaban J connectivity index is 2.55. The van der Waals surface area contributed by atoms with Crippen molar-refractivity contribution >= 4 is 0 Å². The lowest BCUT2D eigenvalue weighted by atomic mass is 9.86. The van der Waals surface area contributed by atoms with E-state index in [9.17, 15) is 5.11 Å². The molecule has 1 unspecified atom stereocenters. The number of rotatable bonds is 11. The number of methoxy groups -OCH3 is 2. The molecule has 0 fully saturated rings. The number of hydrogen-bond donors (Lipinski definition) is 1. The normalized spacial score (nSPS) is 13.3. The summed E-state index contributed by atoms with van der Waals surface area (Å²) in [6, 6.07) is 6.25. The molecule has 0 radical (unpaired) electrons. The van der Waals surface area contributed by atoms with Crippen molar-refractivity contribution in [2.45, 2.75) is 39.2 Å². The van der Waals surface area contributed by atoms with Crippen LogP contribution in [0.5, 0.6) is 5.75 Å². The number of ether oxygens (including phenoxy) is 3. The highest BCUT2D eigenvalue weighted by molar-refractivity contribution is 5.38. The van der Waals surface area contributed by atoms with E-state index in [1.807, 2.05) is 13.0 Å². The molecule has 0 aliphatic heterocycles. The first-order valence-electron chi connectivity index (χ1n) is 8.90. The molecule has 1 N–H and O–H groups in total. The molecule has 0 saturated carbocycles. The van der Waals surface area contributed by atoms with E-state index in [1.54, 1.807) is 14.2 Å². The number of aryl methyl sites for hydroxylation is 1. The van der Waals surface area contributed by atoms with Gasteiger partial charge in [0.2, 0.25) is 0 Å². The highest BCUT2D eigenvalue weighted by atomic mass is 16.5. The lowest BCUT2D eigenvalue weighted by Gasteiger charge is -2.25. The summed E-state index contributed by atoms with van der Waals surface area (Å²) in [6.45, 7) is 12.2. The largest absolute Gasteiger partial charge is 0.491 e. The number of aliphatic hydroxyl groups excluding tert-OH is 1. The zero-order chi connectivity index (χ0) is 18.9. The van der Waals surface area contributed by atoms with Gasteiger partial charge in [-0.1, -0.05) is 32.9 Å². The Bertz CT molecular complexity index is 491. The molecule has 1 atom stereocenters. The summed E-state index contributed by atoms with van der Waals surface area (Å²) in [4.78, 5) is 2.12. The fraction of sp³-hybridized carbons (Fsp3) is 0.700. The first kappa shape index (κ1) is 21.9. The lowest BCUT2D eigenvalue weighted by Crippen LogP contribution is -2.39. The van der Waals surface area contributed by atoms with Crippen LogP contribution >= 0.6 is 0 Å². The van der Waals surface area contributed by atoms with Crippen LogP contribution in [0.15, 0.2) is 18.2 Å². The molecule has 0 aromatic heterocycles. The second-order valence-electron chi connectivity index (χ2n) is 7.48. The van der Waals surface area contributed by atoms with Crippen molar-refractivity contribution in [2.75, 3.05) is 53.7 Å². The average Bonchev–Trinajstić information content (AvgIpc) is 2.55.